The third-order valence-corrected chi connectivity index (χ3v) is 5.64. The summed E-state index contributed by atoms with van der Waals surface area (Å²) in [6.07, 6.45) is 3.47. The number of aryl methyl sites for hydroxylation is 1. The fourth-order valence-corrected chi connectivity index (χ4v) is 3.32. The zero-order valence-electron chi connectivity index (χ0n) is 17.4. The van der Waals surface area contributed by atoms with E-state index in [1.165, 1.54) is 0 Å². The van der Waals surface area contributed by atoms with Crippen LogP contribution in [0.1, 0.15) is 26.3 Å². The van der Waals surface area contributed by atoms with Gasteiger partial charge in [0.25, 0.3) is 5.95 Å². The minimum atomic E-state index is -1.41. The van der Waals surface area contributed by atoms with E-state index in [0.717, 1.165) is 11.1 Å². The van der Waals surface area contributed by atoms with Gasteiger partial charge in [0, 0.05) is 18.0 Å². The van der Waals surface area contributed by atoms with Crippen molar-refractivity contribution < 1.29 is 14.0 Å². The van der Waals surface area contributed by atoms with Crippen LogP contribution >= 0.6 is 0 Å². The van der Waals surface area contributed by atoms with Crippen LogP contribution in [0.4, 0.5) is 5.95 Å². The van der Waals surface area contributed by atoms with Gasteiger partial charge in [-0.25, -0.2) is 0 Å². The Morgan fingerprint density at radius 3 is 2.28 bits per heavy atom. The Bertz CT molecular complexity index is 978. The molecule has 1 aromatic carbocycles. The number of hydrogen-bond donors (Lipinski definition) is 1. The number of anilines is 1. The van der Waals surface area contributed by atoms with E-state index < -0.39 is 16.1 Å². The highest BCUT2D eigenvalue weighted by molar-refractivity contribution is 7.94. The molecule has 1 atom stereocenters. The summed E-state index contributed by atoms with van der Waals surface area (Å²) in [4.78, 5) is 4.27. The Balaban J connectivity index is 2.27. The highest BCUT2D eigenvalue weighted by Crippen LogP contribution is 2.38. The number of hydrogen-bond acceptors (Lipinski definition) is 7. The summed E-state index contributed by atoms with van der Waals surface area (Å²) in [5.74, 6) is 1.97. The van der Waals surface area contributed by atoms with E-state index in [9.17, 15) is 4.55 Å². The van der Waals surface area contributed by atoms with Gasteiger partial charge >= 0.3 is 0 Å². The quantitative estimate of drug-likeness (QED) is 0.615. The molecule has 0 radical (unpaired) electrons. The maximum atomic E-state index is 12.8. The minimum absolute atomic E-state index is 0.317. The largest absolute Gasteiger partial charge is 0.593 e. The molecule has 1 unspecified atom stereocenters. The number of nitrogens with zero attached hydrogens (tertiary/aromatic N) is 4. The van der Waals surface area contributed by atoms with Crippen LogP contribution in [0.25, 0.3) is 17.1 Å². The second kappa shape index (κ2) is 8.30. The third kappa shape index (κ3) is 4.30. The van der Waals surface area contributed by atoms with Crippen LogP contribution < -0.4 is 14.2 Å². The van der Waals surface area contributed by atoms with Gasteiger partial charge in [0.1, 0.15) is 21.9 Å². The standard InChI is InChI=1S/C20H25N5O3S/c1-13-10-14(12-21-11-13)18-22-23-19(24-29(26)20(2,3)4)25(18)17-15(27-5)8-7-9-16(17)28-6/h7-12H,1-6H3,(H,23,24). The summed E-state index contributed by atoms with van der Waals surface area (Å²) in [5, 5.41) is 8.63. The number of pyridine rings is 1. The predicted octanol–water partition coefficient (Wildman–Crippen LogP) is 3.53. The minimum Gasteiger partial charge on any atom is -0.593 e. The molecule has 3 rings (SSSR count). The molecule has 0 amide bonds. The van der Waals surface area contributed by atoms with Crippen LogP contribution in [-0.4, -0.2) is 43.3 Å². The Morgan fingerprint density at radius 1 is 1.07 bits per heavy atom. The Hall–Kier alpha value is -2.78. The van der Waals surface area contributed by atoms with E-state index in [1.54, 1.807) is 31.2 Å². The van der Waals surface area contributed by atoms with Gasteiger partial charge < -0.3 is 14.0 Å². The summed E-state index contributed by atoms with van der Waals surface area (Å²) in [5.41, 5.74) is 2.35. The second-order valence-corrected chi connectivity index (χ2v) is 9.39. The fraction of sp³-hybridized carbons (Fsp3) is 0.350. The monoisotopic (exact) mass is 415 g/mol. The maximum Gasteiger partial charge on any atom is 0.271 e. The molecule has 0 bridgehead atoms. The molecule has 2 aromatic heterocycles. The van der Waals surface area contributed by atoms with Gasteiger partial charge in [-0.3, -0.25) is 9.55 Å². The van der Waals surface area contributed by atoms with Gasteiger partial charge in [-0.15, -0.1) is 10.2 Å². The van der Waals surface area contributed by atoms with Crippen LogP contribution in [0.15, 0.2) is 36.7 Å². The van der Waals surface area contributed by atoms with Crippen molar-refractivity contribution in [3.8, 4) is 28.6 Å². The Labute approximate surface area is 173 Å². The molecule has 0 spiro atoms. The van der Waals surface area contributed by atoms with Gasteiger partial charge in [-0.1, -0.05) is 6.07 Å². The van der Waals surface area contributed by atoms with E-state index in [0.29, 0.717) is 29.0 Å². The van der Waals surface area contributed by atoms with E-state index in [1.807, 2.05) is 52.0 Å². The first kappa shape index (κ1) is 20.9. The Morgan fingerprint density at radius 2 is 1.72 bits per heavy atom. The average molecular weight is 416 g/mol. The van der Waals surface area contributed by atoms with Crippen LogP contribution in [0.2, 0.25) is 0 Å². The molecule has 0 aliphatic carbocycles. The first-order valence-electron chi connectivity index (χ1n) is 9.03. The van der Waals surface area contributed by atoms with E-state index in [-0.39, 0.29) is 0 Å². The van der Waals surface area contributed by atoms with Crippen molar-refractivity contribution in [2.75, 3.05) is 18.9 Å². The average Bonchev–Trinajstić information content (AvgIpc) is 3.09. The normalized spacial score (nSPS) is 12.5. The van der Waals surface area contributed by atoms with Crippen molar-refractivity contribution >= 4 is 17.3 Å². The molecule has 0 aliphatic rings. The van der Waals surface area contributed by atoms with E-state index in [2.05, 4.69) is 19.9 Å². The van der Waals surface area contributed by atoms with Crippen molar-refractivity contribution in [1.82, 2.24) is 19.7 Å². The molecule has 8 nitrogen and oxygen atoms in total. The molecule has 2 heterocycles. The molecule has 9 heteroatoms. The van der Waals surface area contributed by atoms with Crippen LogP contribution in [-0.2, 0) is 11.4 Å². The molecular formula is C20H25N5O3S. The second-order valence-electron chi connectivity index (χ2n) is 7.43. The molecule has 0 aliphatic heterocycles. The summed E-state index contributed by atoms with van der Waals surface area (Å²) in [6, 6.07) is 7.43. The molecule has 0 saturated carbocycles. The molecular weight excluding hydrogens is 390 g/mol. The Kier molecular flexibility index (Phi) is 5.99. The van der Waals surface area contributed by atoms with Gasteiger partial charge in [-0.2, -0.15) is 4.72 Å². The number of benzene rings is 1. The van der Waals surface area contributed by atoms with Gasteiger partial charge in [0.15, 0.2) is 5.82 Å². The first-order valence-corrected chi connectivity index (χ1v) is 10.2. The summed E-state index contributed by atoms with van der Waals surface area (Å²) in [7, 11) is 3.16. The van der Waals surface area contributed by atoms with Crippen molar-refractivity contribution in [3.05, 3.63) is 42.2 Å². The fourth-order valence-electron chi connectivity index (χ4n) is 2.71. The SMILES string of the molecule is COc1cccc(OC)c1-n1c(N[S+]([O-])C(C)(C)C)nnc1-c1cncc(C)c1. The topological polar surface area (TPSA) is 97.2 Å². The highest BCUT2D eigenvalue weighted by atomic mass is 32.2. The molecule has 0 saturated heterocycles. The van der Waals surface area contributed by atoms with Crippen molar-refractivity contribution in [3.63, 3.8) is 0 Å². The molecule has 3 aromatic rings. The molecule has 154 valence electrons. The number of aromatic nitrogens is 4. The lowest BCUT2D eigenvalue weighted by atomic mass is 10.2. The molecule has 1 N–H and O–H groups in total. The van der Waals surface area contributed by atoms with Crippen molar-refractivity contribution in [1.29, 1.82) is 0 Å². The summed E-state index contributed by atoms with van der Waals surface area (Å²) >= 11 is -1.41. The van der Waals surface area contributed by atoms with Crippen LogP contribution in [0.5, 0.6) is 11.5 Å². The van der Waals surface area contributed by atoms with Gasteiger partial charge in [0.2, 0.25) is 0 Å². The predicted molar refractivity (Wildman–Crippen MR) is 114 cm³/mol. The lowest BCUT2D eigenvalue weighted by Crippen LogP contribution is -2.34. The smallest absolute Gasteiger partial charge is 0.271 e. The maximum absolute atomic E-state index is 12.8. The first-order chi connectivity index (χ1) is 13.8. The van der Waals surface area contributed by atoms with Crippen LogP contribution in [0, 0.1) is 6.92 Å². The highest BCUT2D eigenvalue weighted by Gasteiger charge is 2.31. The van der Waals surface area contributed by atoms with Crippen LogP contribution in [0.3, 0.4) is 0 Å². The lowest BCUT2D eigenvalue weighted by molar-refractivity contribution is 0.391. The number of para-hydroxylation sites is 1. The molecule has 29 heavy (non-hydrogen) atoms. The zero-order chi connectivity index (χ0) is 21.2. The number of ether oxygens (including phenoxy) is 2. The zero-order valence-corrected chi connectivity index (χ0v) is 18.2. The summed E-state index contributed by atoms with van der Waals surface area (Å²) < 4.78 is 28.2. The van der Waals surface area contributed by atoms with Gasteiger partial charge in [0.05, 0.1) is 25.6 Å². The number of nitrogens with one attached hydrogen (secondary N) is 1. The summed E-state index contributed by atoms with van der Waals surface area (Å²) in [6.45, 7) is 7.60. The number of rotatable bonds is 6. The third-order valence-electron chi connectivity index (χ3n) is 4.16. The van der Waals surface area contributed by atoms with E-state index in [4.69, 9.17) is 9.47 Å². The molecule has 0 fully saturated rings. The number of methoxy groups -OCH3 is 2. The van der Waals surface area contributed by atoms with Crippen molar-refractivity contribution in [2.24, 2.45) is 0 Å². The lowest BCUT2D eigenvalue weighted by Gasteiger charge is -2.24. The van der Waals surface area contributed by atoms with Crippen molar-refractivity contribution in [2.45, 2.75) is 32.4 Å². The van der Waals surface area contributed by atoms with Gasteiger partial charge in [-0.05, 0) is 51.5 Å². The van der Waals surface area contributed by atoms with E-state index >= 15 is 0 Å².